The summed E-state index contributed by atoms with van der Waals surface area (Å²) in [6.07, 6.45) is 0.241. The number of ketones is 1. The van der Waals surface area contributed by atoms with E-state index < -0.39 is 5.97 Å². The van der Waals surface area contributed by atoms with Gasteiger partial charge in [0.25, 0.3) is 0 Å². The fourth-order valence-corrected chi connectivity index (χ4v) is 1.11. The van der Waals surface area contributed by atoms with Gasteiger partial charge < -0.3 is 5.11 Å². The molecular formula is C13H14O3. The Morgan fingerprint density at radius 1 is 1.00 bits per heavy atom. The van der Waals surface area contributed by atoms with Crippen LogP contribution in [0.1, 0.15) is 33.6 Å². The van der Waals surface area contributed by atoms with E-state index in [-0.39, 0.29) is 29.8 Å². The molecule has 0 bridgehead atoms. The van der Waals surface area contributed by atoms with Gasteiger partial charge in [0, 0.05) is 18.4 Å². The van der Waals surface area contributed by atoms with Crippen molar-refractivity contribution in [1.29, 1.82) is 0 Å². The van der Waals surface area contributed by atoms with E-state index in [2.05, 4.69) is 23.7 Å². The van der Waals surface area contributed by atoms with Gasteiger partial charge in [0.2, 0.25) is 0 Å². The molecule has 0 aromatic rings. The van der Waals surface area contributed by atoms with Crippen molar-refractivity contribution in [2.24, 2.45) is 0 Å². The summed E-state index contributed by atoms with van der Waals surface area (Å²) >= 11 is 0. The second kappa shape index (κ2) is 7.31. The summed E-state index contributed by atoms with van der Waals surface area (Å²) in [6.45, 7) is 4.61. The fourth-order valence-electron chi connectivity index (χ4n) is 1.11. The number of carboxylic acid groups (broad SMARTS) is 1. The fraction of sp³-hybridized carbons (Fsp3) is 0.385. The molecule has 0 heterocycles. The van der Waals surface area contributed by atoms with Crippen LogP contribution in [0.15, 0.2) is 11.1 Å². The zero-order valence-electron chi connectivity index (χ0n) is 9.68. The highest BCUT2D eigenvalue weighted by Crippen LogP contribution is 2.13. The van der Waals surface area contributed by atoms with Crippen LogP contribution in [0.3, 0.4) is 0 Å². The topological polar surface area (TPSA) is 54.4 Å². The molecule has 0 amide bonds. The SMILES string of the molecule is CC#CC/C(C(C)=O)=C(\CC#CC)C(=O)O. The Bertz CT molecular complexity index is 391. The summed E-state index contributed by atoms with van der Waals surface area (Å²) in [5, 5.41) is 8.99. The molecule has 0 aliphatic carbocycles. The Morgan fingerprint density at radius 3 is 1.75 bits per heavy atom. The number of hydrogen-bond donors (Lipinski definition) is 1. The first-order valence-electron chi connectivity index (χ1n) is 4.80. The third-order valence-electron chi connectivity index (χ3n) is 1.93. The van der Waals surface area contributed by atoms with Gasteiger partial charge in [-0.25, -0.2) is 4.79 Å². The number of carbonyl (C=O) groups is 2. The van der Waals surface area contributed by atoms with E-state index in [0.717, 1.165) is 0 Å². The van der Waals surface area contributed by atoms with E-state index in [1.165, 1.54) is 6.92 Å². The minimum atomic E-state index is -1.11. The Balaban J connectivity index is 5.36. The monoisotopic (exact) mass is 218 g/mol. The van der Waals surface area contributed by atoms with Gasteiger partial charge in [0.05, 0.1) is 5.57 Å². The molecule has 0 aliphatic rings. The Labute approximate surface area is 95.5 Å². The maximum atomic E-state index is 11.3. The lowest BCUT2D eigenvalue weighted by Gasteiger charge is -2.04. The highest BCUT2D eigenvalue weighted by molar-refractivity contribution is 6.02. The smallest absolute Gasteiger partial charge is 0.332 e. The summed E-state index contributed by atoms with van der Waals surface area (Å²) < 4.78 is 0. The van der Waals surface area contributed by atoms with Crippen molar-refractivity contribution in [1.82, 2.24) is 0 Å². The molecule has 0 radical (unpaired) electrons. The molecule has 0 aromatic heterocycles. The van der Waals surface area contributed by atoms with Crippen molar-refractivity contribution in [3.8, 4) is 23.7 Å². The van der Waals surface area contributed by atoms with Crippen LogP contribution in [-0.4, -0.2) is 16.9 Å². The predicted molar refractivity (Wildman–Crippen MR) is 61.5 cm³/mol. The number of Topliss-reactive ketones (excluding diaryl/α,β-unsaturated/α-hetero) is 1. The molecule has 0 aliphatic heterocycles. The third kappa shape index (κ3) is 4.48. The summed E-state index contributed by atoms with van der Waals surface area (Å²) in [7, 11) is 0. The molecule has 0 saturated carbocycles. The van der Waals surface area contributed by atoms with Gasteiger partial charge in [-0.1, -0.05) is 11.8 Å². The van der Waals surface area contributed by atoms with Crippen LogP contribution in [0.5, 0.6) is 0 Å². The third-order valence-corrected chi connectivity index (χ3v) is 1.93. The zero-order chi connectivity index (χ0) is 12.6. The van der Waals surface area contributed by atoms with Gasteiger partial charge >= 0.3 is 5.97 Å². The number of carbonyl (C=O) groups excluding carboxylic acids is 1. The van der Waals surface area contributed by atoms with E-state index in [4.69, 9.17) is 5.11 Å². The first-order chi connectivity index (χ1) is 7.54. The first-order valence-corrected chi connectivity index (χ1v) is 4.80. The van der Waals surface area contributed by atoms with Crippen LogP contribution < -0.4 is 0 Å². The van der Waals surface area contributed by atoms with Gasteiger partial charge in [-0.15, -0.1) is 11.8 Å². The highest BCUT2D eigenvalue weighted by Gasteiger charge is 2.16. The largest absolute Gasteiger partial charge is 0.478 e. The van der Waals surface area contributed by atoms with E-state index in [9.17, 15) is 9.59 Å². The minimum Gasteiger partial charge on any atom is -0.478 e. The van der Waals surface area contributed by atoms with Gasteiger partial charge in [0.1, 0.15) is 0 Å². The van der Waals surface area contributed by atoms with Crippen LogP contribution in [0.4, 0.5) is 0 Å². The molecule has 0 atom stereocenters. The molecule has 84 valence electrons. The quantitative estimate of drug-likeness (QED) is 0.578. The predicted octanol–water partition coefficient (Wildman–Crippen LogP) is 1.78. The number of aliphatic carboxylic acids is 1. The van der Waals surface area contributed by atoms with Gasteiger partial charge in [0.15, 0.2) is 5.78 Å². The van der Waals surface area contributed by atoms with Gasteiger partial charge in [-0.2, -0.15) is 0 Å². The highest BCUT2D eigenvalue weighted by atomic mass is 16.4. The van der Waals surface area contributed by atoms with Gasteiger partial charge in [-0.05, 0) is 20.8 Å². The molecular weight excluding hydrogens is 204 g/mol. The van der Waals surface area contributed by atoms with Crippen molar-refractivity contribution in [2.75, 3.05) is 0 Å². The molecule has 0 spiro atoms. The van der Waals surface area contributed by atoms with Crippen LogP contribution in [0.25, 0.3) is 0 Å². The second-order valence-corrected chi connectivity index (χ2v) is 3.03. The van der Waals surface area contributed by atoms with E-state index in [1.807, 2.05) is 0 Å². The van der Waals surface area contributed by atoms with Crippen molar-refractivity contribution in [2.45, 2.75) is 33.6 Å². The van der Waals surface area contributed by atoms with E-state index >= 15 is 0 Å². The minimum absolute atomic E-state index is 0.0459. The molecule has 0 aromatic carbocycles. The molecule has 3 heteroatoms. The lowest BCUT2D eigenvalue weighted by molar-refractivity contribution is -0.133. The zero-order valence-corrected chi connectivity index (χ0v) is 9.68. The average Bonchev–Trinajstić information content (AvgIpc) is 2.21. The molecule has 0 fully saturated rings. The number of carboxylic acids is 1. The first kappa shape index (κ1) is 14.0. The number of rotatable bonds is 4. The second-order valence-electron chi connectivity index (χ2n) is 3.03. The van der Waals surface area contributed by atoms with Gasteiger partial charge in [-0.3, -0.25) is 4.79 Å². The lowest BCUT2D eigenvalue weighted by atomic mass is 9.99. The maximum Gasteiger partial charge on any atom is 0.332 e. The van der Waals surface area contributed by atoms with Crippen LogP contribution in [0.2, 0.25) is 0 Å². The Hall–Kier alpha value is -2.00. The molecule has 1 N–H and O–H groups in total. The van der Waals surface area contributed by atoms with Crippen molar-refractivity contribution < 1.29 is 14.7 Å². The molecule has 0 saturated heterocycles. The summed E-state index contributed by atoms with van der Waals surface area (Å²) in [5.74, 6) is 9.23. The molecule has 0 rings (SSSR count). The average molecular weight is 218 g/mol. The molecule has 16 heavy (non-hydrogen) atoms. The Morgan fingerprint density at radius 2 is 1.44 bits per heavy atom. The van der Waals surface area contributed by atoms with Crippen LogP contribution >= 0.6 is 0 Å². The van der Waals surface area contributed by atoms with E-state index in [1.54, 1.807) is 13.8 Å². The Kier molecular flexibility index (Phi) is 6.40. The van der Waals surface area contributed by atoms with Crippen LogP contribution in [-0.2, 0) is 9.59 Å². The van der Waals surface area contributed by atoms with Crippen LogP contribution in [0, 0.1) is 23.7 Å². The lowest BCUT2D eigenvalue weighted by Crippen LogP contribution is -2.09. The van der Waals surface area contributed by atoms with Crippen molar-refractivity contribution >= 4 is 11.8 Å². The number of allylic oxidation sites excluding steroid dienone is 1. The molecule has 0 unspecified atom stereocenters. The standard InChI is InChI=1S/C13H14O3/c1-4-6-8-11(10(3)14)12(13(15)16)9-7-5-2/h8-9H2,1-3H3,(H,15,16)/b12-11-. The summed E-state index contributed by atoms with van der Waals surface area (Å²) in [5.41, 5.74) is 0.286. The summed E-state index contributed by atoms with van der Waals surface area (Å²) in [4.78, 5) is 22.3. The summed E-state index contributed by atoms with van der Waals surface area (Å²) in [6, 6.07) is 0. The van der Waals surface area contributed by atoms with Crippen molar-refractivity contribution in [3.05, 3.63) is 11.1 Å². The van der Waals surface area contributed by atoms with E-state index in [0.29, 0.717) is 0 Å². The van der Waals surface area contributed by atoms with Crippen molar-refractivity contribution in [3.63, 3.8) is 0 Å². The normalized spacial score (nSPS) is 10.2. The maximum absolute atomic E-state index is 11.3. The number of hydrogen-bond acceptors (Lipinski definition) is 2. The molecule has 3 nitrogen and oxygen atoms in total.